The molecule has 0 aliphatic carbocycles. The van der Waals surface area contributed by atoms with Gasteiger partial charge in [-0.05, 0) is 57.3 Å². The molecule has 2 aromatic rings. The number of thiazole rings is 1. The zero-order chi connectivity index (χ0) is 14.9. The minimum absolute atomic E-state index is 0.595. The molecule has 1 aromatic carbocycles. The lowest BCUT2D eigenvalue weighted by Gasteiger charge is -2.45. The summed E-state index contributed by atoms with van der Waals surface area (Å²) < 4.78 is 6.22. The van der Waals surface area contributed by atoms with Gasteiger partial charge in [0.25, 0.3) is 0 Å². The zero-order valence-electron chi connectivity index (χ0n) is 13.0. The van der Waals surface area contributed by atoms with E-state index in [1.54, 1.807) is 11.3 Å². The Labute approximate surface area is 135 Å². The van der Waals surface area contributed by atoms with Gasteiger partial charge in [-0.2, -0.15) is 0 Å². The van der Waals surface area contributed by atoms with Gasteiger partial charge in [0, 0.05) is 17.0 Å². The van der Waals surface area contributed by atoms with Crippen LogP contribution in [0.2, 0.25) is 0 Å². The topological polar surface area (TPSA) is 25.4 Å². The van der Waals surface area contributed by atoms with Gasteiger partial charge in [0.1, 0.15) is 12.4 Å². The Kier molecular flexibility index (Phi) is 3.89. The molecule has 4 heteroatoms. The van der Waals surface area contributed by atoms with Crippen LogP contribution in [-0.4, -0.2) is 35.6 Å². The maximum Gasteiger partial charge on any atom is 0.128 e. The molecular formula is C18H22N2OS. The summed E-state index contributed by atoms with van der Waals surface area (Å²) in [6.45, 7) is 5.36. The van der Waals surface area contributed by atoms with Crippen LogP contribution in [0.1, 0.15) is 24.3 Å². The first kappa shape index (κ1) is 14.2. The van der Waals surface area contributed by atoms with Crippen LogP contribution in [0.15, 0.2) is 29.6 Å². The van der Waals surface area contributed by atoms with Crippen molar-refractivity contribution in [3.05, 3.63) is 34.7 Å². The number of piperidine rings is 3. The first-order valence-electron chi connectivity index (χ1n) is 8.18. The van der Waals surface area contributed by atoms with Crippen molar-refractivity contribution in [3.8, 4) is 17.0 Å². The Morgan fingerprint density at radius 2 is 2.09 bits per heavy atom. The first-order chi connectivity index (χ1) is 10.8. The molecule has 0 radical (unpaired) electrons. The number of aryl methyl sites for hydroxylation is 1. The molecule has 4 heterocycles. The maximum absolute atomic E-state index is 6.22. The van der Waals surface area contributed by atoms with Crippen molar-refractivity contribution in [3.63, 3.8) is 0 Å². The number of benzene rings is 1. The molecule has 3 aliphatic heterocycles. The van der Waals surface area contributed by atoms with Crippen LogP contribution in [0.25, 0.3) is 11.3 Å². The highest BCUT2D eigenvalue weighted by Gasteiger charge is 2.33. The summed E-state index contributed by atoms with van der Waals surface area (Å²) in [7, 11) is 0. The summed E-state index contributed by atoms with van der Waals surface area (Å²) in [5.74, 6) is 1.89. The van der Waals surface area contributed by atoms with Crippen molar-refractivity contribution >= 4 is 11.3 Å². The molecule has 5 rings (SSSR count). The molecule has 3 saturated heterocycles. The number of fused-ring (bicyclic) bond motifs is 3. The van der Waals surface area contributed by atoms with Crippen LogP contribution in [0, 0.1) is 12.8 Å². The molecular weight excluding hydrogens is 292 g/mol. The van der Waals surface area contributed by atoms with Crippen LogP contribution in [-0.2, 0) is 0 Å². The number of aromatic nitrogens is 1. The van der Waals surface area contributed by atoms with Gasteiger partial charge in [0.05, 0.1) is 10.7 Å². The number of ether oxygens (including phenoxy) is 1. The molecule has 1 atom stereocenters. The van der Waals surface area contributed by atoms with Crippen LogP contribution in [0.4, 0.5) is 0 Å². The van der Waals surface area contributed by atoms with E-state index in [0.717, 1.165) is 34.5 Å². The largest absolute Gasteiger partial charge is 0.491 e. The Hall–Kier alpha value is -1.39. The van der Waals surface area contributed by atoms with E-state index in [0.29, 0.717) is 6.04 Å². The fraction of sp³-hybridized carbons (Fsp3) is 0.500. The highest BCUT2D eigenvalue weighted by molar-refractivity contribution is 7.09. The summed E-state index contributed by atoms with van der Waals surface area (Å²) in [5, 5.41) is 3.21. The highest BCUT2D eigenvalue weighted by atomic mass is 32.1. The van der Waals surface area contributed by atoms with Crippen molar-refractivity contribution < 1.29 is 4.74 Å². The third-order valence-electron chi connectivity index (χ3n) is 4.98. The van der Waals surface area contributed by atoms with Gasteiger partial charge in [-0.15, -0.1) is 11.3 Å². The lowest BCUT2D eigenvalue weighted by atomic mass is 9.83. The van der Waals surface area contributed by atoms with Gasteiger partial charge >= 0.3 is 0 Å². The van der Waals surface area contributed by atoms with Gasteiger partial charge in [-0.1, -0.05) is 12.1 Å². The molecule has 0 spiro atoms. The minimum Gasteiger partial charge on any atom is -0.491 e. The average molecular weight is 314 g/mol. The molecule has 22 heavy (non-hydrogen) atoms. The smallest absolute Gasteiger partial charge is 0.128 e. The summed E-state index contributed by atoms with van der Waals surface area (Å²) in [4.78, 5) is 7.21. The fourth-order valence-corrected chi connectivity index (χ4v) is 4.35. The minimum atomic E-state index is 0.595. The van der Waals surface area contributed by atoms with E-state index in [1.165, 1.54) is 32.4 Å². The fourth-order valence-electron chi connectivity index (χ4n) is 3.74. The number of hydrogen-bond donors (Lipinski definition) is 0. The van der Waals surface area contributed by atoms with Gasteiger partial charge in [-0.25, -0.2) is 4.98 Å². The lowest BCUT2D eigenvalue weighted by Crippen LogP contribution is -2.51. The predicted octanol–water partition coefficient (Wildman–Crippen LogP) is 3.98. The van der Waals surface area contributed by atoms with Crippen molar-refractivity contribution in [1.29, 1.82) is 0 Å². The van der Waals surface area contributed by atoms with E-state index in [1.807, 2.05) is 13.0 Å². The Bertz CT molecular complexity index is 646. The lowest BCUT2D eigenvalue weighted by molar-refractivity contribution is 0.0239. The third kappa shape index (κ3) is 2.77. The summed E-state index contributed by atoms with van der Waals surface area (Å²) in [6, 6.07) is 8.88. The molecule has 3 nitrogen and oxygen atoms in total. The molecule has 0 N–H and O–H groups in total. The SMILES string of the molecule is Cc1nc(-c2ccccc2OCC2CC3CCN2CC3)cs1. The summed E-state index contributed by atoms with van der Waals surface area (Å²) in [6.07, 6.45) is 4.06. The van der Waals surface area contributed by atoms with Crippen LogP contribution in [0.3, 0.4) is 0 Å². The van der Waals surface area contributed by atoms with Crippen molar-refractivity contribution in [1.82, 2.24) is 9.88 Å². The van der Waals surface area contributed by atoms with E-state index in [-0.39, 0.29) is 0 Å². The standard InChI is InChI=1S/C18H22N2OS/c1-13-19-17(12-22-13)16-4-2-3-5-18(16)21-11-15-10-14-6-8-20(15)9-7-14/h2-5,12,14-15H,6-11H2,1H3. The van der Waals surface area contributed by atoms with Crippen LogP contribution < -0.4 is 4.74 Å². The van der Waals surface area contributed by atoms with Crippen molar-refractivity contribution in [2.24, 2.45) is 5.92 Å². The second-order valence-electron chi connectivity index (χ2n) is 6.43. The molecule has 116 valence electrons. The number of rotatable bonds is 4. The predicted molar refractivity (Wildman–Crippen MR) is 90.5 cm³/mol. The van der Waals surface area contributed by atoms with Crippen LogP contribution >= 0.6 is 11.3 Å². The quantitative estimate of drug-likeness (QED) is 0.853. The van der Waals surface area contributed by atoms with Gasteiger partial charge < -0.3 is 4.74 Å². The number of hydrogen-bond acceptors (Lipinski definition) is 4. The number of nitrogens with zero attached hydrogens (tertiary/aromatic N) is 2. The van der Waals surface area contributed by atoms with Gasteiger partial charge in [0.15, 0.2) is 0 Å². The second kappa shape index (κ2) is 6.01. The zero-order valence-corrected chi connectivity index (χ0v) is 13.8. The molecule has 1 aromatic heterocycles. The van der Waals surface area contributed by atoms with Gasteiger partial charge in [-0.3, -0.25) is 4.90 Å². The Morgan fingerprint density at radius 1 is 1.27 bits per heavy atom. The van der Waals surface area contributed by atoms with Crippen LogP contribution in [0.5, 0.6) is 5.75 Å². The van der Waals surface area contributed by atoms with Crippen molar-refractivity contribution in [2.75, 3.05) is 19.7 Å². The van der Waals surface area contributed by atoms with E-state index in [9.17, 15) is 0 Å². The highest BCUT2D eigenvalue weighted by Crippen LogP contribution is 2.34. The van der Waals surface area contributed by atoms with E-state index >= 15 is 0 Å². The summed E-state index contributed by atoms with van der Waals surface area (Å²) in [5.41, 5.74) is 2.14. The molecule has 2 bridgehead atoms. The molecule has 0 saturated carbocycles. The van der Waals surface area contributed by atoms with Gasteiger partial charge in [0.2, 0.25) is 0 Å². The normalized spacial score (nSPS) is 27.0. The maximum atomic E-state index is 6.22. The van der Waals surface area contributed by atoms with E-state index < -0.39 is 0 Å². The second-order valence-corrected chi connectivity index (χ2v) is 7.49. The van der Waals surface area contributed by atoms with E-state index in [4.69, 9.17) is 4.74 Å². The number of para-hydroxylation sites is 1. The average Bonchev–Trinajstić information content (AvgIpc) is 3.01. The summed E-state index contributed by atoms with van der Waals surface area (Å²) >= 11 is 1.69. The Balaban J connectivity index is 1.49. The molecule has 1 unspecified atom stereocenters. The molecule has 3 fully saturated rings. The molecule has 3 aliphatic rings. The third-order valence-corrected chi connectivity index (χ3v) is 5.76. The Morgan fingerprint density at radius 3 is 2.77 bits per heavy atom. The monoisotopic (exact) mass is 314 g/mol. The van der Waals surface area contributed by atoms with E-state index in [2.05, 4.69) is 33.5 Å². The first-order valence-corrected chi connectivity index (χ1v) is 9.06. The van der Waals surface area contributed by atoms with Crippen molar-refractivity contribution in [2.45, 2.75) is 32.2 Å². The molecule has 0 amide bonds.